The SMILES string of the molecule is CCS(=O)(=O)N1CCN(C2(CCC(=O)c3c(Cl)ccc(C(F)(F)F)c3Cl)CCC(F)(F)CC2)CC1. The second-order valence-electron chi connectivity index (χ2n) is 9.07. The van der Waals surface area contributed by atoms with Gasteiger partial charge in [-0.1, -0.05) is 23.2 Å². The molecule has 13 heteroatoms. The number of piperazine rings is 1. The Morgan fingerprint density at radius 1 is 1.03 bits per heavy atom. The number of Topliss-reactive ketones (excluding diaryl/α,β-unsaturated/α-hetero) is 1. The molecule has 1 heterocycles. The zero-order chi connectivity index (χ0) is 26.2. The van der Waals surface area contributed by atoms with Crippen LogP contribution in [0, 0.1) is 0 Å². The number of sulfonamides is 1. The highest BCUT2D eigenvalue weighted by molar-refractivity contribution is 7.89. The molecule has 0 radical (unpaired) electrons. The van der Waals surface area contributed by atoms with Crippen molar-refractivity contribution in [2.45, 2.75) is 63.1 Å². The molecule has 2 aliphatic rings. The maximum atomic E-state index is 14.0. The number of hydrogen-bond acceptors (Lipinski definition) is 4. The number of rotatable bonds is 7. The second-order valence-corrected chi connectivity index (χ2v) is 12.1. The van der Waals surface area contributed by atoms with Crippen molar-refractivity contribution in [3.63, 3.8) is 0 Å². The summed E-state index contributed by atoms with van der Waals surface area (Å²) in [6.07, 6.45) is -5.51. The third kappa shape index (κ3) is 6.29. The van der Waals surface area contributed by atoms with Gasteiger partial charge < -0.3 is 0 Å². The average Bonchev–Trinajstić information content (AvgIpc) is 2.78. The van der Waals surface area contributed by atoms with Crippen molar-refractivity contribution in [1.82, 2.24) is 9.21 Å². The smallest absolute Gasteiger partial charge is 0.295 e. The van der Waals surface area contributed by atoms with Crippen molar-refractivity contribution in [3.8, 4) is 0 Å². The van der Waals surface area contributed by atoms with Gasteiger partial charge in [-0.2, -0.15) is 17.5 Å². The van der Waals surface area contributed by atoms with Gasteiger partial charge in [0, 0.05) is 51.0 Å². The van der Waals surface area contributed by atoms with E-state index in [1.807, 2.05) is 4.90 Å². The quantitative estimate of drug-likeness (QED) is 0.306. The van der Waals surface area contributed by atoms with Crippen LogP contribution < -0.4 is 0 Å². The number of halogens is 7. The van der Waals surface area contributed by atoms with Crippen molar-refractivity contribution in [2.75, 3.05) is 31.9 Å². The molecule has 35 heavy (non-hydrogen) atoms. The summed E-state index contributed by atoms with van der Waals surface area (Å²) in [6, 6.07) is 1.67. The fourth-order valence-corrected chi connectivity index (χ4v) is 6.70. The van der Waals surface area contributed by atoms with Gasteiger partial charge in [0.25, 0.3) is 0 Å². The Bertz CT molecular complexity index is 1050. The van der Waals surface area contributed by atoms with E-state index in [0.717, 1.165) is 6.07 Å². The van der Waals surface area contributed by atoms with E-state index in [0.29, 0.717) is 19.2 Å². The number of carbonyl (C=O) groups is 1. The highest BCUT2D eigenvalue weighted by Crippen LogP contribution is 2.45. The van der Waals surface area contributed by atoms with Crippen LogP contribution in [0.2, 0.25) is 10.0 Å². The van der Waals surface area contributed by atoms with Crippen molar-refractivity contribution < 1.29 is 35.2 Å². The maximum Gasteiger partial charge on any atom is 0.417 e. The summed E-state index contributed by atoms with van der Waals surface area (Å²) < 4.78 is 93.5. The lowest BCUT2D eigenvalue weighted by Crippen LogP contribution is -2.60. The van der Waals surface area contributed by atoms with Gasteiger partial charge in [0.15, 0.2) is 5.78 Å². The lowest BCUT2D eigenvalue weighted by atomic mass is 9.74. The topological polar surface area (TPSA) is 57.7 Å². The maximum absolute atomic E-state index is 14.0. The summed E-state index contributed by atoms with van der Waals surface area (Å²) in [7, 11) is -3.39. The van der Waals surface area contributed by atoms with Crippen LogP contribution in [0.3, 0.4) is 0 Å². The standard InChI is InChI=1S/C22H27Cl2F5N2O3S/c1-2-35(33,34)31-13-11-30(12-14-31)20(7-9-21(25,26)10-8-20)6-5-17(32)18-16(23)4-3-15(19(18)24)22(27,28)29/h3-4H,2,5-14H2,1H3. The predicted molar refractivity (Wildman–Crippen MR) is 124 cm³/mol. The Labute approximate surface area is 211 Å². The fourth-order valence-electron chi connectivity index (χ4n) is 4.93. The number of alkyl halides is 5. The number of nitrogens with zero attached hydrogens (tertiary/aromatic N) is 2. The second kappa shape index (κ2) is 10.4. The summed E-state index contributed by atoms with van der Waals surface area (Å²) in [4.78, 5) is 14.9. The van der Waals surface area contributed by atoms with E-state index in [4.69, 9.17) is 23.2 Å². The number of carbonyl (C=O) groups excluding carboxylic acids is 1. The lowest BCUT2D eigenvalue weighted by Gasteiger charge is -2.51. The Morgan fingerprint density at radius 3 is 2.11 bits per heavy atom. The Kier molecular flexibility index (Phi) is 8.48. The van der Waals surface area contributed by atoms with E-state index in [-0.39, 0.29) is 62.4 Å². The van der Waals surface area contributed by atoms with Gasteiger partial charge in [0.1, 0.15) is 0 Å². The molecule has 0 bridgehead atoms. The first-order valence-corrected chi connectivity index (χ1v) is 13.7. The minimum absolute atomic E-state index is 0.0443. The molecule has 3 rings (SSSR count). The monoisotopic (exact) mass is 564 g/mol. The van der Waals surface area contributed by atoms with Crippen molar-refractivity contribution in [1.29, 1.82) is 0 Å². The molecule has 1 aliphatic heterocycles. The number of ketones is 1. The van der Waals surface area contributed by atoms with Gasteiger partial charge in [0.2, 0.25) is 15.9 Å². The van der Waals surface area contributed by atoms with Crippen molar-refractivity contribution in [3.05, 3.63) is 33.3 Å². The van der Waals surface area contributed by atoms with Crippen molar-refractivity contribution >= 4 is 39.0 Å². The highest BCUT2D eigenvalue weighted by Gasteiger charge is 2.47. The van der Waals surface area contributed by atoms with Crippen LogP contribution >= 0.6 is 23.2 Å². The minimum Gasteiger partial charge on any atom is -0.295 e. The van der Waals surface area contributed by atoms with E-state index >= 15 is 0 Å². The van der Waals surface area contributed by atoms with Gasteiger partial charge in [-0.05, 0) is 38.3 Å². The minimum atomic E-state index is -4.77. The first-order chi connectivity index (χ1) is 16.1. The van der Waals surface area contributed by atoms with Crippen LogP contribution in [0.4, 0.5) is 22.0 Å². The van der Waals surface area contributed by atoms with E-state index in [9.17, 15) is 35.2 Å². The molecule has 0 atom stereocenters. The average molecular weight is 565 g/mol. The van der Waals surface area contributed by atoms with Crippen LogP contribution in [0.1, 0.15) is 61.4 Å². The van der Waals surface area contributed by atoms with Crippen LogP contribution in [0.5, 0.6) is 0 Å². The molecule has 0 N–H and O–H groups in total. The van der Waals surface area contributed by atoms with E-state index in [2.05, 4.69) is 0 Å². The molecule has 2 fully saturated rings. The third-order valence-corrected chi connectivity index (χ3v) is 9.66. The molecule has 0 amide bonds. The number of hydrogen-bond donors (Lipinski definition) is 0. The van der Waals surface area contributed by atoms with Gasteiger partial charge in [-0.25, -0.2) is 17.2 Å². The molecular weight excluding hydrogens is 538 g/mol. The lowest BCUT2D eigenvalue weighted by molar-refractivity contribution is -0.137. The summed E-state index contributed by atoms with van der Waals surface area (Å²) in [5.41, 5.74) is -2.41. The van der Waals surface area contributed by atoms with Gasteiger partial charge in [-0.3, -0.25) is 9.69 Å². The summed E-state index contributed by atoms with van der Waals surface area (Å²) in [5, 5.41) is -0.992. The third-order valence-electron chi connectivity index (χ3n) is 7.07. The first-order valence-electron chi connectivity index (χ1n) is 11.3. The molecule has 1 saturated carbocycles. The Morgan fingerprint density at radius 2 is 1.60 bits per heavy atom. The molecule has 1 aromatic carbocycles. The van der Waals surface area contributed by atoms with Crippen LogP contribution in [0.25, 0.3) is 0 Å². The predicted octanol–water partition coefficient (Wildman–Crippen LogP) is 5.89. The van der Waals surface area contributed by atoms with Gasteiger partial charge in [-0.15, -0.1) is 0 Å². The molecule has 1 saturated heterocycles. The fraction of sp³-hybridized carbons (Fsp3) is 0.682. The molecule has 1 aliphatic carbocycles. The normalized spacial score (nSPS) is 21.7. The molecule has 198 valence electrons. The van der Waals surface area contributed by atoms with Gasteiger partial charge in [0.05, 0.1) is 26.9 Å². The first kappa shape index (κ1) is 28.6. The van der Waals surface area contributed by atoms with E-state index < -0.39 is 49.6 Å². The van der Waals surface area contributed by atoms with Gasteiger partial charge >= 0.3 is 6.18 Å². The largest absolute Gasteiger partial charge is 0.417 e. The molecular formula is C22H27Cl2F5N2O3S. The molecule has 0 unspecified atom stereocenters. The van der Waals surface area contributed by atoms with E-state index in [1.54, 1.807) is 6.92 Å². The molecule has 5 nitrogen and oxygen atoms in total. The summed E-state index contributed by atoms with van der Waals surface area (Å²) >= 11 is 11.9. The molecule has 0 spiro atoms. The Hall–Kier alpha value is -1.01. The Balaban J connectivity index is 1.81. The summed E-state index contributed by atoms with van der Waals surface area (Å²) in [6.45, 7) is 2.57. The zero-order valence-corrected chi connectivity index (χ0v) is 21.4. The summed E-state index contributed by atoms with van der Waals surface area (Å²) in [5.74, 6) is -3.58. The highest BCUT2D eigenvalue weighted by atomic mass is 35.5. The number of benzene rings is 1. The molecule has 1 aromatic rings. The molecule has 0 aromatic heterocycles. The van der Waals surface area contributed by atoms with Crippen molar-refractivity contribution in [2.24, 2.45) is 0 Å². The zero-order valence-electron chi connectivity index (χ0n) is 19.1. The van der Waals surface area contributed by atoms with E-state index in [1.165, 1.54) is 4.31 Å². The van der Waals surface area contributed by atoms with Crippen LogP contribution in [-0.2, 0) is 16.2 Å². The van der Waals surface area contributed by atoms with Crippen LogP contribution in [0.15, 0.2) is 12.1 Å². The van der Waals surface area contributed by atoms with Crippen LogP contribution in [-0.4, -0.2) is 66.8 Å².